The lowest BCUT2D eigenvalue weighted by molar-refractivity contribution is -0.134. The minimum absolute atomic E-state index is 0.167. The number of hydrogen-bond acceptors (Lipinski definition) is 2. The van der Waals surface area contributed by atoms with Crippen LogP contribution in [0.1, 0.15) is 32.3 Å². The zero-order valence-corrected chi connectivity index (χ0v) is 12.6. The fraction of sp³-hybridized carbons (Fsp3) is 0.533. The number of nitrogens with zero attached hydrogens (tertiary/aromatic N) is 1. The molecule has 0 N–H and O–H groups in total. The highest BCUT2D eigenvalue weighted by Gasteiger charge is 2.18. The Labute approximate surface area is 115 Å². The van der Waals surface area contributed by atoms with Crippen LogP contribution in [0.5, 0.6) is 0 Å². The molecule has 1 amide bonds. The van der Waals surface area contributed by atoms with E-state index in [1.807, 2.05) is 11.9 Å². The van der Waals surface area contributed by atoms with Crippen LogP contribution in [0.3, 0.4) is 0 Å². The zero-order valence-electron chi connectivity index (χ0n) is 11.8. The second-order valence-corrected chi connectivity index (χ2v) is 5.44. The van der Waals surface area contributed by atoms with Gasteiger partial charge in [0.1, 0.15) is 0 Å². The summed E-state index contributed by atoms with van der Waals surface area (Å²) in [5, 5.41) is 0. The third-order valence-electron chi connectivity index (χ3n) is 3.29. The van der Waals surface area contributed by atoms with Crippen molar-refractivity contribution in [3.8, 4) is 0 Å². The van der Waals surface area contributed by atoms with Gasteiger partial charge >= 0.3 is 0 Å². The van der Waals surface area contributed by atoms with Gasteiger partial charge in [-0.1, -0.05) is 26.0 Å². The second-order valence-electron chi connectivity index (χ2n) is 4.56. The molecule has 0 saturated carbocycles. The van der Waals surface area contributed by atoms with Crippen molar-refractivity contribution in [2.75, 3.05) is 13.3 Å². The van der Waals surface area contributed by atoms with Crippen LogP contribution in [0.2, 0.25) is 0 Å². The lowest BCUT2D eigenvalue weighted by Gasteiger charge is -2.22. The molecule has 0 unspecified atom stereocenters. The molecule has 0 fully saturated rings. The van der Waals surface area contributed by atoms with Crippen molar-refractivity contribution in [1.82, 2.24) is 4.90 Å². The Morgan fingerprint density at radius 3 is 2.22 bits per heavy atom. The van der Waals surface area contributed by atoms with E-state index in [-0.39, 0.29) is 11.8 Å². The van der Waals surface area contributed by atoms with E-state index < -0.39 is 0 Å². The van der Waals surface area contributed by atoms with Crippen LogP contribution in [0.25, 0.3) is 0 Å². The largest absolute Gasteiger partial charge is 0.341 e. The normalized spacial score (nSPS) is 10.7. The molecule has 3 heteroatoms. The SMILES string of the molecule is CCC(CC)C(=O)N(C)Cc1ccc(SC)cc1. The number of rotatable bonds is 6. The van der Waals surface area contributed by atoms with Crippen LogP contribution in [0.4, 0.5) is 0 Å². The van der Waals surface area contributed by atoms with Crippen LogP contribution in [-0.4, -0.2) is 24.1 Å². The van der Waals surface area contributed by atoms with Gasteiger partial charge in [0.15, 0.2) is 0 Å². The van der Waals surface area contributed by atoms with E-state index in [0.717, 1.165) is 12.8 Å². The third-order valence-corrected chi connectivity index (χ3v) is 4.03. The maximum absolute atomic E-state index is 12.2. The summed E-state index contributed by atoms with van der Waals surface area (Å²) in [4.78, 5) is 15.3. The summed E-state index contributed by atoms with van der Waals surface area (Å²) in [6.07, 6.45) is 3.91. The summed E-state index contributed by atoms with van der Waals surface area (Å²) in [6.45, 7) is 4.85. The van der Waals surface area contributed by atoms with E-state index in [0.29, 0.717) is 6.54 Å². The number of hydrogen-bond donors (Lipinski definition) is 0. The maximum Gasteiger partial charge on any atom is 0.225 e. The highest BCUT2D eigenvalue weighted by Crippen LogP contribution is 2.17. The molecule has 0 radical (unpaired) electrons. The van der Waals surface area contributed by atoms with Crippen molar-refractivity contribution in [3.63, 3.8) is 0 Å². The van der Waals surface area contributed by atoms with Gasteiger partial charge in [-0.05, 0) is 36.8 Å². The highest BCUT2D eigenvalue weighted by atomic mass is 32.2. The molecule has 0 aliphatic carbocycles. The van der Waals surface area contributed by atoms with Crippen molar-refractivity contribution < 1.29 is 4.79 Å². The molecule has 1 aromatic rings. The van der Waals surface area contributed by atoms with Crippen LogP contribution in [0.15, 0.2) is 29.2 Å². The quantitative estimate of drug-likeness (QED) is 0.729. The Kier molecular flexibility index (Phi) is 6.27. The summed E-state index contributed by atoms with van der Waals surface area (Å²) in [5.74, 6) is 0.425. The minimum atomic E-state index is 0.167. The van der Waals surface area contributed by atoms with Gasteiger partial charge < -0.3 is 4.90 Å². The first-order valence-electron chi connectivity index (χ1n) is 6.50. The molecule has 1 aromatic carbocycles. The van der Waals surface area contributed by atoms with Gasteiger partial charge in [-0.15, -0.1) is 11.8 Å². The van der Waals surface area contributed by atoms with Crippen molar-refractivity contribution in [3.05, 3.63) is 29.8 Å². The number of amides is 1. The van der Waals surface area contributed by atoms with Gasteiger partial charge in [0.25, 0.3) is 0 Å². The van der Waals surface area contributed by atoms with Gasteiger partial charge in [0, 0.05) is 24.4 Å². The molecule has 2 nitrogen and oxygen atoms in total. The zero-order chi connectivity index (χ0) is 13.5. The van der Waals surface area contributed by atoms with Gasteiger partial charge in [-0.2, -0.15) is 0 Å². The average Bonchev–Trinajstić information content (AvgIpc) is 2.40. The first-order valence-corrected chi connectivity index (χ1v) is 7.72. The molecule has 0 aliphatic heterocycles. The first kappa shape index (κ1) is 15.1. The molecule has 100 valence electrons. The van der Waals surface area contributed by atoms with Crippen molar-refractivity contribution in [2.24, 2.45) is 5.92 Å². The fourth-order valence-corrected chi connectivity index (χ4v) is 2.44. The van der Waals surface area contributed by atoms with E-state index in [9.17, 15) is 4.79 Å². The molecule has 1 rings (SSSR count). The molecule has 0 aliphatic rings. The van der Waals surface area contributed by atoms with Crippen molar-refractivity contribution in [1.29, 1.82) is 0 Å². The predicted octanol–water partition coefficient (Wildman–Crippen LogP) is 3.80. The Morgan fingerprint density at radius 1 is 1.22 bits per heavy atom. The molecular formula is C15H23NOS. The molecule has 0 atom stereocenters. The summed E-state index contributed by atoms with van der Waals surface area (Å²) < 4.78 is 0. The Hall–Kier alpha value is -0.960. The molecule has 0 spiro atoms. The number of carbonyl (C=O) groups excluding carboxylic acids is 1. The molecule has 18 heavy (non-hydrogen) atoms. The maximum atomic E-state index is 12.2. The van der Waals surface area contributed by atoms with E-state index in [1.54, 1.807) is 11.8 Å². The summed E-state index contributed by atoms with van der Waals surface area (Å²) in [6, 6.07) is 8.41. The standard InChI is InChI=1S/C15H23NOS/c1-5-13(6-2)15(17)16(3)11-12-7-9-14(18-4)10-8-12/h7-10,13H,5-6,11H2,1-4H3. The molecular weight excluding hydrogens is 242 g/mol. The van der Waals surface area contributed by atoms with Gasteiger partial charge in [0.2, 0.25) is 5.91 Å². The van der Waals surface area contributed by atoms with Gasteiger partial charge in [-0.25, -0.2) is 0 Å². The summed E-state index contributed by atoms with van der Waals surface area (Å²) in [5.41, 5.74) is 1.19. The lowest BCUT2D eigenvalue weighted by atomic mass is 10.0. The van der Waals surface area contributed by atoms with Crippen LogP contribution < -0.4 is 0 Å². The van der Waals surface area contributed by atoms with Crippen molar-refractivity contribution in [2.45, 2.75) is 38.1 Å². The number of thioether (sulfide) groups is 1. The lowest BCUT2D eigenvalue weighted by Crippen LogP contribution is -2.32. The van der Waals surface area contributed by atoms with E-state index in [1.165, 1.54) is 10.5 Å². The molecule has 0 saturated heterocycles. The third kappa shape index (κ3) is 4.05. The highest BCUT2D eigenvalue weighted by molar-refractivity contribution is 7.98. The van der Waals surface area contributed by atoms with Crippen LogP contribution in [0, 0.1) is 5.92 Å². The number of carbonyl (C=O) groups is 1. The summed E-state index contributed by atoms with van der Waals surface area (Å²) >= 11 is 1.73. The second kappa shape index (κ2) is 7.47. The first-order chi connectivity index (χ1) is 8.62. The number of benzene rings is 1. The minimum Gasteiger partial charge on any atom is -0.341 e. The van der Waals surface area contributed by atoms with Crippen LogP contribution >= 0.6 is 11.8 Å². The fourth-order valence-electron chi connectivity index (χ4n) is 2.03. The van der Waals surface area contributed by atoms with Gasteiger partial charge in [0.05, 0.1) is 0 Å². The Balaban J connectivity index is 2.62. The van der Waals surface area contributed by atoms with E-state index in [4.69, 9.17) is 0 Å². The Bertz CT molecular complexity index is 371. The monoisotopic (exact) mass is 265 g/mol. The van der Waals surface area contributed by atoms with E-state index in [2.05, 4.69) is 44.4 Å². The predicted molar refractivity (Wildman–Crippen MR) is 78.8 cm³/mol. The van der Waals surface area contributed by atoms with Crippen LogP contribution in [-0.2, 0) is 11.3 Å². The molecule has 0 bridgehead atoms. The van der Waals surface area contributed by atoms with Gasteiger partial charge in [-0.3, -0.25) is 4.79 Å². The van der Waals surface area contributed by atoms with E-state index >= 15 is 0 Å². The average molecular weight is 265 g/mol. The van der Waals surface area contributed by atoms with Crippen molar-refractivity contribution >= 4 is 17.7 Å². The topological polar surface area (TPSA) is 20.3 Å². The summed E-state index contributed by atoms with van der Waals surface area (Å²) in [7, 11) is 1.89. The molecule has 0 aromatic heterocycles. The smallest absolute Gasteiger partial charge is 0.225 e. The molecule has 0 heterocycles. The Morgan fingerprint density at radius 2 is 1.78 bits per heavy atom.